The predicted molar refractivity (Wildman–Crippen MR) is 136 cm³/mol. The van der Waals surface area contributed by atoms with Crippen molar-refractivity contribution in [1.82, 2.24) is 10.3 Å². The molecule has 0 spiro atoms. The van der Waals surface area contributed by atoms with Crippen molar-refractivity contribution in [3.05, 3.63) is 93.8 Å². The molecule has 5 nitrogen and oxygen atoms in total. The van der Waals surface area contributed by atoms with Crippen molar-refractivity contribution in [1.29, 1.82) is 0 Å². The zero-order chi connectivity index (χ0) is 23.7. The highest BCUT2D eigenvalue weighted by Gasteiger charge is 2.39. The van der Waals surface area contributed by atoms with E-state index in [0.717, 1.165) is 5.56 Å². The summed E-state index contributed by atoms with van der Waals surface area (Å²) in [4.78, 5) is 31.4. The Morgan fingerprint density at radius 3 is 2.50 bits per heavy atom. The molecular weight excluding hydrogens is 488 g/mol. The van der Waals surface area contributed by atoms with Crippen LogP contribution in [0.3, 0.4) is 0 Å². The Kier molecular flexibility index (Phi) is 6.41. The fourth-order valence-electron chi connectivity index (χ4n) is 4.00. The van der Waals surface area contributed by atoms with Gasteiger partial charge in [0.25, 0.3) is 0 Å². The van der Waals surface area contributed by atoms with Crippen molar-refractivity contribution in [2.45, 2.75) is 23.3 Å². The minimum atomic E-state index is -1.09. The standard InChI is InChI=1S/C26H19ClN2O3S2/c27-19-9-5-4-8-17(19)18-12-22(32-16-6-2-1-3-7-16)29-24(25(18)33)23-21(30)13-20(28-26(23)31)15-10-11-34-14-15/h1-12,14,20,23,33H,13H2,(H,28,31). The van der Waals surface area contributed by atoms with Crippen LogP contribution in [0.1, 0.15) is 29.6 Å². The number of hydrogen-bond acceptors (Lipinski definition) is 6. The van der Waals surface area contributed by atoms with E-state index in [1.807, 2.05) is 53.2 Å². The molecule has 1 amide bonds. The minimum absolute atomic E-state index is 0.174. The van der Waals surface area contributed by atoms with Gasteiger partial charge in [0.2, 0.25) is 11.8 Å². The van der Waals surface area contributed by atoms with Gasteiger partial charge in [-0.3, -0.25) is 9.59 Å². The molecule has 0 bridgehead atoms. The second kappa shape index (κ2) is 9.62. The highest BCUT2D eigenvalue weighted by Crippen LogP contribution is 2.41. The predicted octanol–water partition coefficient (Wildman–Crippen LogP) is 6.46. The molecule has 1 N–H and O–H groups in total. The van der Waals surface area contributed by atoms with Crippen LogP contribution < -0.4 is 10.1 Å². The molecule has 170 valence electrons. The van der Waals surface area contributed by atoms with E-state index in [0.29, 0.717) is 26.8 Å². The van der Waals surface area contributed by atoms with E-state index >= 15 is 0 Å². The Labute approximate surface area is 211 Å². The molecule has 1 saturated heterocycles. The largest absolute Gasteiger partial charge is 0.439 e. The lowest BCUT2D eigenvalue weighted by molar-refractivity contribution is -0.134. The Morgan fingerprint density at radius 2 is 1.79 bits per heavy atom. The third-order valence-electron chi connectivity index (χ3n) is 5.65. The number of aromatic nitrogens is 1. The molecule has 2 aromatic carbocycles. The lowest BCUT2D eigenvalue weighted by atomic mass is 9.86. The summed E-state index contributed by atoms with van der Waals surface area (Å²) in [5.41, 5.74) is 2.50. The van der Waals surface area contributed by atoms with Crippen molar-refractivity contribution in [2.75, 3.05) is 0 Å². The van der Waals surface area contributed by atoms with E-state index in [4.69, 9.17) is 29.0 Å². The number of halogens is 1. The van der Waals surface area contributed by atoms with Gasteiger partial charge >= 0.3 is 0 Å². The van der Waals surface area contributed by atoms with Crippen LogP contribution in [-0.4, -0.2) is 16.7 Å². The molecule has 34 heavy (non-hydrogen) atoms. The van der Waals surface area contributed by atoms with Crippen molar-refractivity contribution < 1.29 is 14.3 Å². The number of amides is 1. The van der Waals surface area contributed by atoms with Crippen LogP contribution in [0.15, 0.2) is 82.4 Å². The average molecular weight is 507 g/mol. The number of thiol groups is 1. The van der Waals surface area contributed by atoms with Crippen LogP contribution in [0.2, 0.25) is 5.02 Å². The highest BCUT2D eigenvalue weighted by atomic mass is 35.5. The number of carbonyl (C=O) groups excluding carboxylic acids is 2. The van der Waals surface area contributed by atoms with Gasteiger partial charge in [0.05, 0.1) is 11.7 Å². The molecule has 3 heterocycles. The fraction of sp³-hybridized carbons (Fsp3) is 0.115. The molecule has 1 aliphatic heterocycles. The number of rotatable bonds is 5. The zero-order valence-electron chi connectivity index (χ0n) is 17.8. The summed E-state index contributed by atoms with van der Waals surface area (Å²) < 4.78 is 5.99. The molecule has 2 unspecified atom stereocenters. The monoisotopic (exact) mass is 506 g/mol. The van der Waals surface area contributed by atoms with Crippen LogP contribution in [0.25, 0.3) is 11.1 Å². The quantitative estimate of drug-likeness (QED) is 0.241. The molecular formula is C26H19ClN2O3S2. The number of benzene rings is 2. The Bertz CT molecular complexity index is 1340. The summed E-state index contributed by atoms with van der Waals surface area (Å²) in [5, 5.41) is 7.34. The number of piperidine rings is 1. The van der Waals surface area contributed by atoms with Crippen molar-refractivity contribution in [3.8, 4) is 22.8 Å². The van der Waals surface area contributed by atoms with Gasteiger partial charge in [0.15, 0.2) is 5.78 Å². The van der Waals surface area contributed by atoms with Crippen LogP contribution >= 0.6 is 35.6 Å². The summed E-state index contributed by atoms with van der Waals surface area (Å²) in [7, 11) is 0. The highest BCUT2D eigenvalue weighted by molar-refractivity contribution is 7.80. The van der Waals surface area contributed by atoms with Gasteiger partial charge in [-0.05, 0) is 40.6 Å². The lowest BCUT2D eigenvalue weighted by Gasteiger charge is -2.28. The average Bonchev–Trinajstić information content (AvgIpc) is 3.37. The third-order valence-corrected chi connectivity index (χ3v) is 7.15. The number of para-hydroxylation sites is 1. The summed E-state index contributed by atoms with van der Waals surface area (Å²) in [6.07, 6.45) is 0.174. The Morgan fingerprint density at radius 1 is 1.03 bits per heavy atom. The van der Waals surface area contributed by atoms with Gasteiger partial charge < -0.3 is 10.1 Å². The number of carbonyl (C=O) groups is 2. The molecule has 2 atom stereocenters. The Hall–Kier alpha value is -3.13. The summed E-state index contributed by atoms with van der Waals surface area (Å²) in [6, 6.07) is 19.8. The van der Waals surface area contributed by atoms with Gasteiger partial charge in [-0.2, -0.15) is 11.3 Å². The van der Waals surface area contributed by atoms with E-state index in [1.54, 1.807) is 24.3 Å². The second-order valence-corrected chi connectivity index (χ2v) is 9.49. The van der Waals surface area contributed by atoms with E-state index in [1.165, 1.54) is 11.3 Å². The first kappa shape index (κ1) is 22.7. The van der Waals surface area contributed by atoms with Crippen LogP contribution in [0.4, 0.5) is 0 Å². The number of Topliss-reactive ketones (excluding diaryl/α,β-unsaturated/α-hetero) is 1. The van der Waals surface area contributed by atoms with Gasteiger partial charge in [-0.1, -0.05) is 48.0 Å². The number of nitrogens with one attached hydrogen (secondary N) is 1. The van der Waals surface area contributed by atoms with Crippen molar-refractivity contribution >= 4 is 47.3 Å². The number of hydrogen-bond donors (Lipinski definition) is 2. The smallest absolute Gasteiger partial charge is 0.237 e. The normalized spacial score (nSPS) is 17.9. The van der Waals surface area contributed by atoms with E-state index in [2.05, 4.69) is 10.3 Å². The zero-order valence-corrected chi connectivity index (χ0v) is 20.2. The lowest BCUT2D eigenvalue weighted by Crippen LogP contribution is -2.43. The van der Waals surface area contributed by atoms with Crippen LogP contribution in [0.5, 0.6) is 11.6 Å². The number of ether oxygens (including phenoxy) is 1. The van der Waals surface area contributed by atoms with E-state index in [-0.39, 0.29) is 29.8 Å². The summed E-state index contributed by atoms with van der Waals surface area (Å²) in [5.74, 6) is -0.894. The molecule has 0 saturated carbocycles. The van der Waals surface area contributed by atoms with Gasteiger partial charge in [0, 0.05) is 33.5 Å². The summed E-state index contributed by atoms with van der Waals surface area (Å²) in [6.45, 7) is 0. The van der Waals surface area contributed by atoms with Crippen molar-refractivity contribution in [2.24, 2.45) is 0 Å². The molecule has 2 aromatic heterocycles. The maximum atomic E-state index is 13.2. The van der Waals surface area contributed by atoms with Crippen molar-refractivity contribution in [3.63, 3.8) is 0 Å². The first-order valence-corrected chi connectivity index (χ1v) is 12.3. The maximum Gasteiger partial charge on any atom is 0.237 e. The Balaban J connectivity index is 1.59. The first-order chi connectivity index (χ1) is 16.5. The molecule has 8 heteroatoms. The third kappa shape index (κ3) is 4.46. The minimum Gasteiger partial charge on any atom is -0.439 e. The first-order valence-electron chi connectivity index (χ1n) is 10.6. The maximum absolute atomic E-state index is 13.2. The summed E-state index contributed by atoms with van der Waals surface area (Å²) >= 11 is 12.7. The van der Waals surface area contributed by atoms with E-state index in [9.17, 15) is 9.59 Å². The van der Waals surface area contributed by atoms with Crippen LogP contribution in [-0.2, 0) is 9.59 Å². The molecule has 1 aliphatic rings. The molecule has 0 aliphatic carbocycles. The van der Waals surface area contributed by atoms with Gasteiger partial charge in [-0.15, -0.1) is 12.6 Å². The SMILES string of the molecule is O=C1CC(c2ccsc2)NC(=O)C1c1nc(Oc2ccccc2)cc(-c2ccccc2Cl)c1S. The topological polar surface area (TPSA) is 68.3 Å². The second-order valence-electron chi connectivity index (χ2n) is 7.86. The number of thiophene rings is 1. The van der Waals surface area contributed by atoms with Crippen LogP contribution in [0, 0.1) is 0 Å². The molecule has 4 aromatic rings. The number of nitrogens with zero attached hydrogens (tertiary/aromatic N) is 1. The molecule has 1 fully saturated rings. The van der Waals surface area contributed by atoms with Gasteiger partial charge in [0.1, 0.15) is 11.7 Å². The van der Waals surface area contributed by atoms with Gasteiger partial charge in [-0.25, -0.2) is 4.98 Å². The molecule has 5 rings (SSSR count). The fourth-order valence-corrected chi connectivity index (χ4v) is 5.32. The number of pyridine rings is 1. The number of ketones is 1. The molecule has 0 radical (unpaired) electrons. The van der Waals surface area contributed by atoms with E-state index < -0.39 is 11.8 Å².